The van der Waals surface area contributed by atoms with Gasteiger partial charge in [-0.3, -0.25) is 0 Å². The summed E-state index contributed by atoms with van der Waals surface area (Å²) in [5.74, 6) is 1.71. The van der Waals surface area contributed by atoms with Gasteiger partial charge in [-0.1, -0.05) is 11.6 Å². The molecular weight excluding hydrogens is 234 g/mol. The van der Waals surface area contributed by atoms with Crippen molar-refractivity contribution in [3.8, 4) is 11.4 Å². The average molecular weight is 246 g/mol. The van der Waals surface area contributed by atoms with Gasteiger partial charge in [0.15, 0.2) is 5.82 Å². The van der Waals surface area contributed by atoms with E-state index in [0.29, 0.717) is 0 Å². The standard InChI is InChI=1S/C13H12ClN3/c14-11-5-3-9(4-6-11)12-16-8-10-2-1-7-15-13(10)17-12/h3-6,8H,1-2,7H2,(H,15,16,17). The SMILES string of the molecule is Clc1ccc(-c2ncc3c(n2)NCCC3)cc1. The second-order valence-corrected chi connectivity index (χ2v) is 4.54. The van der Waals surface area contributed by atoms with Crippen molar-refractivity contribution in [3.63, 3.8) is 0 Å². The Hall–Kier alpha value is -1.61. The van der Waals surface area contributed by atoms with Crippen molar-refractivity contribution in [3.05, 3.63) is 41.0 Å². The molecule has 3 nitrogen and oxygen atoms in total. The van der Waals surface area contributed by atoms with Gasteiger partial charge in [-0.15, -0.1) is 0 Å². The van der Waals surface area contributed by atoms with Crippen molar-refractivity contribution in [2.75, 3.05) is 11.9 Å². The largest absolute Gasteiger partial charge is 0.370 e. The Labute approximate surface area is 105 Å². The van der Waals surface area contributed by atoms with Gasteiger partial charge in [0.1, 0.15) is 5.82 Å². The van der Waals surface area contributed by atoms with E-state index in [1.165, 1.54) is 5.56 Å². The molecule has 0 spiro atoms. The monoisotopic (exact) mass is 245 g/mol. The Morgan fingerprint density at radius 3 is 2.82 bits per heavy atom. The lowest BCUT2D eigenvalue weighted by Gasteiger charge is -2.16. The Bertz CT molecular complexity index is 537. The highest BCUT2D eigenvalue weighted by molar-refractivity contribution is 6.30. The topological polar surface area (TPSA) is 37.8 Å². The zero-order valence-electron chi connectivity index (χ0n) is 9.28. The number of aryl methyl sites for hydroxylation is 1. The van der Waals surface area contributed by atoms with Crippen LogP contribution in [0, 0.1) is 0 Å². The maximum atomic E-state index is 5.86. The van der Waals surface area contributed by atoms with Gasteiger partial charge < -0.3 is 5.32 Å². The third-order valence-corrected chi connectivity index (χ3v) is 3.13. The van der Waals surface area contributed by atoms with Gasteiger partial charge in [0.2, 0.25) is 0 Å². The fraction of sp³-hybridized carbons (Fsp3) is 0.231. The van der Waals surface area contributed by atoms with Gasteiger partial charge in [0, 0.05) is 28.9 Å². The summed E-state index contributed by atoms with van der Waals surface area (Å²) in [5, 5.41) is 4.03. The molecule has 0 atom stereocenters. The number of anilines is 1. The van der Waals surface area contributed by atoms with E-state index in [1.807, 2.05) is 30.5 Å². The van der Waals surface area contributed by atoms with Crippen molar-refractivity contribution in [2.45, 2.75) is 12.8 Å². The molecule has 3 rings (SSSR count). The van der Waals surface area contributed by atoms with Gasteiger partial charge in [-0.2, -0.15) is 0 Å². The second kappa shape index (κ2) is 4.34. The molecule has 1 aromatic heterocycles. The van der Waals surface area contributed by atoms with Gasteiger partial charge in [0.05, 0.1) is 0 Å². The summed E-state index contributed by atoms with van der Waals surface area (Å²) in [6, 6.07) is 7.58. The minimum Gasteiger partial charge on any atom is -0.370 e. The van der Waals surface area contributed by atoms with E-state index in [2.05, 4.69) is 15.3 Å². The molecule has 1 aliphatic heterocycles. The summed E-state index contributed by atoms with van der Waals surface area (Å²) in [4.78, 5) is 8.95. The van der Waals surface area contributed by atoms with Crippen LogP contribution in [-0.2, 0) is 6.42 Å². The predicted octanol–water partition coefficient (Wildman–Crippen LogP) is 3.16. The zero-order valence-corrected chi connectivity index (χ0v) is 10.0. The molecule has 0 aliphatic carbocycles. The first-order valence-corrected chi connectivity index (χ1v) is 6.06. The summed E-state index contributed by atoms with van der Waals surface area (Å²) >= 11 is 5.86. The third kappa shape index (κ3) is 2.11. The van der Waals surface area contributed by atoms with Crippen molar-refractivity contribution in [2.24, 2.45) is 0 Å². The van der Waals surface area contributed by atoms with E-state index in [1.54, 1.807) is 0 Å². The summed E-state index contributed by atoms with van der Waals surface area (Å²) < 4.78 is 0. The molecule has 0 bridgehead atoms. The summed E-state index contributed by atoms with van der Waals surface area (Å²) in [6.45, 7) is 0.990. The van der Waals surface area contributed by atoms with E-state index in [0.717, 1.165) is 41.6 Å². The van der Waals surface area contributed by atoms with Crippen LogP contribution in [0.25, 0.3) is 11.4 Å². The lowest BCUT2D eigenvalue weighted by atomic mass is 10.1. The van der Waals surface area contributed by atoms with Crippen molar-refractivity contribution in [1.29, 1.82) is 0 Å². The molecule has 0 unspecified atom stereocenters. The lowest BCUT2D eigenvalue weighted by molar-refractivity contribution is 0.810. The molecule has 0 saturated carbocycles. The van der Waals surface area contributed by atoms with E-state index in [4.69, 9.17) is 11.6 Å². The van der Waals surface area contributed by atoms with Gasteiger partial charge in [0.25, 0.3) is 0 Å². The molecule has 2 aromatic rings. The molecule has 86 valence electrons. The van der Waals surface area contributed by atoms with E-state index >= 15 is 0 Å². The van der Waals surface area contributed by atoms with Crippen molar-refractivity contribution < 1.29 is 0 Å². The molecule has 1 aromatic carbocycles. The lowest BCUT2D eigenvalue weighted by Crippen LogP contribution is -2.14. The van der Waals surface area contributed by atoms with Crippen molar-refractivity contribution >= 4 is 17.4 Å². The summed E-state index contributed by atoms with van der Waals surface area (Å²) in [7, 11) is 0. The van der Waals surface area contributed by atoms with Crippen LogP contribution in [0.1, 0.15) is 12.0 Å². The molecule has 17 heavy (non-hydrogen) atoms. The maximum absolute atomic E-state index is 5.86. The van der Waals surface area contributed by atoms with Gasteiger partial charge in [-0.05, 0) is 37.1 Å². The predicted molar refractivity (Wildman–Crippen MR) is 69.3 cm³/mol. The fourth-order valence-corrected chi connectivity index (χ4v) is 2.09. The number of fused-ring (bicyclic) bond motifs is 1. The number of nitrogens with one attached hydrogen (secondary N) is 1. The Morgan fingerprint density at radius 1 is 1.18 bits per heavy atom. The normalized spacial score (nSPS) is 13.9. The molecule has 2 heterocycles. The molecule has 0 amide bonds. The van der Waals surface area contributed by atoms with Crippen LogP contribution in [0.15, 0.2) is 30.5 Å². The van der Waals surface area contributed by atoms with Gasteiger partial charge in [-0.25, -0.2) is 9.97 Å². The molecule has 0 fully saturated rings. The maximum Gasteiger partial charge on any atom is 0.161 e. The number of benzene rings is 1. The van der Waals surface area contributed by atoms with E-state index in [9.17, 15) is 0 Å². The molecule has 1 N–H and O–H groups in total. The number of hydrogen-bond donors (Lipinski definition) is 1. The highest BCUT2D eigenvalue weighted by Gasteiger charge is 2.11. The van der Waals surface area contributed by atoms with E-state index in [-0.39, 0.29) is 0 Å². The van der Waals surface area contributed by atoms with Crippen LogP contribution in [0.3, 0.4) is 0 Å². The van der Waals surface area contributed by atoms with E-state index < -0.39 is 0 Å². The van der Waals surface area contributed by atoms with Crippen LogP contribution >= 0.6 is 11.6 Å². The number of aromatic nitrogens is 2. The molecule has 0 radical (unpaired) electrons. The second-order valence-electron chi connectivity index (χ2n) is 4.10. The van der Waals surface area contributed by atoms with Gasteiger partial charge >= 0.3 is 0 Å². The highest BCUT2D eigenvalue weighted by Crippen LogP contribution is 2.23. The molecule has 0 saturated heterocycles. The first kappa shape index (κ1) is 10.5. The van der Waals surface area contributed by atoms with Crippen molar-refractivity contribution in [1.82, 2.24) is 9.97 Å². The first-order valence-electron chi connectivity index (χ1n) is 5.69. The summed E-state index contributed by atoms with van der Waals surface area (Å²) in [5.41, 5.74) is 2.19. The van der Waals surface area contributed by atoms with Crippen LogP contribution < -0.4 is 5.32 Å². The number of rotatable bonds is 1. The average Bonchev–Trinajstić information content (AvgIpc) is 2.39. The van der Waals surface area contributed by atoms with Crippen LogP contribution in [0.5, 0.6) is 0 Å². The number of halogens is 1. The number of nitrogens with zero attached hydrogens (tertiary/aromatic N) is 2. The Balaban J connectivity index is 2.01. The minimum absolute atomic E-state index is 0.727. The van der Waals surface area contributed by atoms with Crippen LogP contribution in [-0.4, -0.2) is 16.5 Å². The zero-order chi connectivity index (χ0) is 11.7. The molecule has 1 aliphatic rings. The first-order chi connectivity index (χ1) is 8.33. The minimum atomic E-state index is 0.727. The molecular formula is C13H12ClN3. The Morgan fingerprint density at radius 2 is 2.00 bits per heavy atom. The molecule has 4 heteroatoms. The smallest absolute Gasteiger partial charge is 0.161 e. The Kier molecular flexibility index (Phi) is 2.69. The number of hydrogen-bond acceptors (Lipinski definition) is 3. The quantitative estimate of drug-likeness (QED) is 0.839. The third-order valence-electron chi connectivity index (χ3n) is 2.88. The van der Waals surface area contributed by atoms with Crippen LogP contribution in [0.2, 0.25) is 5.02 Å². The highest BCUT2D eigenvalue weighted by atomic mass is 35.5. The van der Waals surface area contributed by atoms with Crippen LogP contribution in [0.4, 0.5) is 5.82 Å². The summed E-state index contributed by atoms with van der Waals surface area (Å²) in [6.07, 6.45) is 4.12. The fourth-order valence-electron chi connectivity index (χ4n) is 1.97.